The van der Waals surface area contributed by atoms with Crippen LogP contribution in [0.25, 0.3) is 0 Å². The van der Waals surface area contributed by atoms with Gasteiger partial charge in [-0.15, -0.1) is 23.4 Å². The highest BCUT2D eigenvalue weighted by atomic mass is 35.5. The lowest BCUT2D eigenvalue weighted by Crippen LogP contribution is -2.32. The standard InChI is InChI=1S/C24H19ClFN3O4S/c25-22-20(34-19-11-4-3-9-17(19)28(30)31)12-15-21(22)14-7-5-10-18(29(32)33)24(14)27-23(15)13-6-1-2-8-16(13)26/h1-11,15,20-23,27H,12H2. The number of thioether (sulfide) groups is 1. The second-order valence-electron chi connectivity index (χ2n) is 8.39. The topological polar surface area (TPSA) is 98.3 Å². The molecule has 1 aliphatic heterocycles. The molecule has 1 heterocycles. The number of anilines is 1. The molecular formula is C24H19ClFN3O4S. The Morgan fingerprint density at radius 3 is 2.29 bits per heavy atom. The maximum absolute atomic E-state index is 14.9. The lowest BCUT2D eigenvalue weighted by atomic mass is 9.77. The van der Waals surface area contributed by atoms with E-state index in [4.69, 9.17) is 11.6 Å². The molecule has 5 unspecified atom stereocenters. The normalized spacial score (nSPS) is 25.2. The van der Waals surface area contributed by atoms with Crippen LogP contribution in [-0.4, -0.2) is 20.5 Å². The van der Waals surface area contributed by atoms with Gasteiger partial charge in [-0.3, -0.25) is 20.2 Å². The van der Waals surface area contributed by atoms with Crippen LogP contribution in [0.1, 0.15) is 29.5 Å². The van der Waals surface area contributed by atoms with Gasteiger partial charge in [0.2, 0.25) is 0 Å². The third-order valence-corrected chi connectivity index (χ3v) is 8.72. The van der Waals surface area contributed by atoms with Gasteiger partial charge >= 0.3 is 0 Å². The first-order valence-electron chi connectivity index (χ1n) is 10.7. The first-order valence-corrected chi connectivity index (χ1v) is 12.0. The molecule has 0 spiro atoms. The molecule has 1 N–H and O–H groups in total. The fourth-order valence-electron chi connectivity index (χ4n) is 5.18. The average Bonchev–Trinajstić information content (AvgIpc) is 3.15. The summed E-state index contributed by atoms with van der Waals surface area (Å²) in [4.78, 5) is 22.9. The van der Waals surface area contributed by atoms with Gasteiger partial charge in [-0.25, -0.2) is 4.39 Å². The van der Waals surface area contributed by atoms with Crippen molar-refractivity contribution < 1.29 is 14.2 Å². The monoisotopic (exact) mass is 499 g/mol. The average molecular weight is 500 g/mol. The number of hydrogen-bond acceptors (Lipinski definition) is 6. The second-order valence-corrected chi connectivity index (χ2v) is 10.2. The highest BCUT2D eigenvalue weighted by Gasteiger charge is 2.52. The van der Waals surface area contributed by atoms with E-state index in [1.54, 1.807) is 42.5 Å². The van der Waals surface area contributed by atoms with E-state index >= 15 is 0 Å². The maximum Gasteiger partial charge on any atom is 0.292 e. The predicted octanol–water partition coefficient (Wildman–Crippen LogP) is 6.68. The van der Waals surface area contributed by atoms with Crippen LogP contribution in [0.5, 0.6) is 0 Å². The van der Waals surface area contributed by atoms with Crippen molar-refractivity contribution in [2.24, 2.45) is 5.92 Å². The molecule has 0 aromatic heterocycles. The molecule has 7 nitrogen and oxygen atoms in total. The Balaban J connectivity index is 1.59. The van der Waals surface area contributed by atoms with Crippen LogP contribution in [0.4, 0.5) is 21.5 Å². The van der Waals surface area contributed by atoms with Crippen molar-refractivity contribution in [2.75, 3.05) is 5.32 Å². The van der Waals surface area contributed by atoms with E-state index in [0.29, 0.717) is 22.6 Å². The SMILES string of the molecule is O=[N+]([O-])c1ccccc1SC1CC2C(c3ccccc3F)Nc3c(cccc3[N+](=O)[O-])C2C1Cl. The minimum absolute atomic E-state index is 0.00561. The number of benzene rings is 3. The Labute approximate surface area is 203 Å². The first-order chi connectivity index (χ1) is 16.4. The number of rotatable bonds is 5. The third-order valence-electron chi connectivity index (χ3n) is 6.60. The molecular weight excluding hydrogens is 481 g/mol. The van der Waals surface area contributed by atoms with Crippen molar-refractivity contribution in [3.05, 3.63) is 104 Å². The predicted molar refractivity (Wildman–Crippen MR) is 129 cm³/mol. The van der Waals surface area contributed by atoms with Gasteiger partial charge in [-0.05, 0) is 30.0 Å². The Hall–Kier alpha value is -3.17. The van der Waals surface area contributed by atoms with E-state index in [-0.39, 0.29) is 28.5 Å². The summed E-state index contributed by atoms with van der Waals surface area (Å²) in [6.45, 7) is 0. The zero-order valence-electron chi connectivity index (χ0n) is 17.6. The summed E-state index contributed by atoms with van der Waals surface area (Å²) in [6, 6.07) is 17.2. The fourth-order valence-corrected chi connectivity index (χ4v) is 7.13. The highest BCUT2D eigenvalue weighted by molar-refractivity contribution is 8.00. The van der Waals surface area contributed by atoms with Gasteiger partial charge in [0.05, 0.1) is 26.2 Å². The summed E-state index contributed by atoms with van der Waals surface area (Å²) in [6.07, 6.45) is 0.559. The lowest BCUT2D eigenvalue weighted by molar-refractivity contribution is -0.387. The van der Waals surface area contributed by atoms with Gasteiger partial charge < -0.3 is 5.32 Å². The van der Waals surface area contributed by atoms with Crippen molar-refractivity contribution >= 4 is 40.4 Å². The summed E-state index contributed by atoms with van der Waals surface area (Å²) in [5, 5.41) is 25.8. The van der Waals surface area contributed by atoms with E-state index in [1.807, 2.05) is 6.07 Å². The number of nitro benzene ring substituents is 2. The molecule has 3 aromatic carbocycles. The van der Waals surface area contributed by atoms with Crippen LogP contribution in [0.2, 0.25) is 0 Å². The summed E-state index contributed by atoms with van der Waals surface area (Å²) in [5.74, 6) is -0.849. The molecule has 1 saturated carbocycles. The quantitative estimate of drug-likeness (QED) is 0.239. The molecule has 10 heteroatoms. The Morgan fingerprint density at radius 2 is 1.56 bits per heavy atom. The van der Waals surface area contributed by atoms with E-state index in [0.717, 1.165) is 5.56 Å². The van der Waals surface area contributed by atoms with Crippen LogP contribution in [0, 0.1) is 32.0 Å². The van der Waals surface area contributed by atoms with E-state index in [1.165, 1.54) is 30.0 Å². The number of para-hydroxylation sites is 2. The Bertz CT molecular complexity index is 1290. The van der Waals surface area contributed by atoms with Crippen molar-refractivity contribution in [3.8, 4) is 0 Å². The number of nitro groups is 2. The minimum Gasteiger partial charge on any atom is -0.372 e. The molecule has 1 fully saturated rings. The van der Waals surface area contributed by atoms with Gasteiger partial charge in [0.15, 0.2) is 0 Å². The number of nitrogens with zero attached hydrogens (tertiary/aromatic N) is 2. The number of halogens is 2. The second kappa shape index (κ2) is 8.88. The molecule has 0 radical (unpaired) electrons. The van der Waals surface area contributed by atoms with E-state index < -0.39 is 27.1 Å². The maximum atomic E-state index is 14.9. The van der Waals surface area contributed by atoms with Crippen LogP contribution in [0.15, 0.2) is 71.6 Å². The van der Waals surface area contributed by atoms with Gasteiger partial charge in [0.1, 0.15) is 11.5 Å². The molecule has 1 aliphatic carbocycles. The van der Waals surface area contributed by atoms with Gasteiger partial charge in [-0.2, -0.15) is 0 Å². The van der Waals surface area contributed by atoms with Crippen molar-refractivity contribution in [2.45, 2.75) is 33.9 Å². The van der Waals surface area contributed by atoms with Crippen LogP contribution in [0.3, 0.4) is 0 Å². The van der Waals surface area contributed by atoms with Crippen LogP contribution < -0.4 is 5.32 Å². The highest BCUT2D eigenvalue weighted by Crippen LogP contribution is 2.59. The van der Waals surface area contributed by atoms with Crippen molar-refractivity contribution in [1.29, 1.82) is 0 Å². The van der Waals surface area contributed by atoms with Crippen molar-refractivity contribution in [1.82, 2.24) is 0 Å². The zero-order chi connectivity index (χ0) is 24.0. The molecule has 5 rings (SSSR count). The van der Waals surface area contributed by atoms with E-state index in [2.05, 4.69) is 5.32 Å². The van der Waals surface area contributed by atoms with Crippen LogP contribution in [-0.2, 0) is 0 Å². The number of hydrogen-bond donors (Lipinski definition) is 1. The Morgan fingerprint density at radius 1 is 0.912 bits per heavy atom. The first kappa shape index (κ1) is 22.6. The fraction of sp³-hybridized carbons (Fsp3) is 0.250. The molecule has 2 aliphatic rings. The summed E-state index contributed by atoms with van der Waals surface area (Å²) >= 11 is 8.34. The number of nitrogens with one attached hydrogen (secondary N) is 1. The van der Waals surface area contributed by atoms with Crippen LogP contribution >= 0.6 is 23.4 Å². The van der Waals surface area contributed by atoms with Gasteiger partial charge in [0, 0.05) is 28.9 Å². The lowest BCUT2D eigenvalue weighted by Gasteiger charge is -2.38. The molecule has 0 amide bonds. The number of fused-ring (bicyclic) bond motifs is 3. The third kappa shape index (κ3) is 3.78. The smallest absolute Gasteiger partial charge is 0.292 e. The molecule has 5 atom stereocenters. The molecule has 3 aromatic rings. The molecule has 0 saturated heterocycles. The van der Waals surface area contributed by atoms with E-state index in [9.17, 15) is 24.6 Å². The number of alkyl halides is 1. The Kier molecular flexibility index (Phi) is 5.91. The van der Waals surface area contributed by atoms with Gasteiger partial charge in [-0.1, -0.05) is 42.5 Å². The summed E-state index contributed by atoms with van der Waals surface area (Å²) < 4.78 is 14.9. The molecule has 0 bridgehead atoms. The summed E-state index contributed by atoms with van der Waals surface area (Å²) in [5.41, 5.74) is 1.41. The largest absolute Gasteiger partial charge is 0.372 e. The minimum atomic E-state index is -0.530. The molecule has 34 heavy (non-hydrogen) atoms. The summed E-state index contributed by atoms with van der Waals surface area (Å²) in [7, 11) is 0. The van der Waals surface area contributed by atoms with Gasteiger partial charge in [0.25, 0.3) is 11.4 Å². The van der Waals surface area contributed by atoms with Crippen molar-refractivity contribution in [3.63, 3.8) is 0 Å². The zero-order valence-corrected chi connectivity index (χ0v) is 19.2. The molecule has 174 valence electrons.